The fourth-order valence-corrected chi connectivity index (χ4v) is 6.19. The van der Waals surface area contributed by atoms with Crippen LogP contribution >= 0.6 is 11.6 Å². The number of rotatable bonds is 6. The van der Waals surface area contributed by atoms with Crippen molar-refractivity contribution in [2.24, 2.45) is 23.2 Å². The van der Waals surface area contributed by atoms with Gasteiger partial charge in [0.25, 0.3) is 0 Å². The van der Waals surface area contributed by atoms with E-state index in [9.17, 15) is 0 Å². The minimum absolute atomic E-state index is 0.665. The average molecular weight is 333 g/mol. The summed E-state index contributed by atoms with van der Waals surface area (Å²) in [5.74, 6) is 3.16. The van der Waals surface area contributed by atoms with Crippen LogP contribution < -0.4 is 5.43 Å². The zero-order valence-electron chi connectivity index (χ0n) is 14.2. The summed E-state index contributed by atoms with van der Waals surface area (Å²) in [7, 11) is 0. The highest BCUT2D eigenvalue weighted by atomic mass is 35.5. The van der Waals surface area contributed by atoms with Crippen LogP contribution in [-0.2, 0) is 0 Å². The number of nitrogens with zero attached hydrogens (tertiary/aromatic N) is 1. The molecule has 0 amide bonds. The van der Waals surface area contributed by atoms with Gasteiger partial charge in [0.1, 0.15) is 0 Å². The van der Waals surface area contributed by atoms with Gasteiger partial charge < -0.3 is 5.43 Å². The number of nitrogens with one attached hydrogen (secondary N) is 1. The highest BCUT2D eigenvalue weighted by molar-refractivity contribution is 6.30. The monoisotopic (exact) mass is 332 g/mol. The molecule has 1 aromatic rings. The lowest BCUT2D eigenvalue weighted by Crippen LogP contribution is -2.47. The Hall–Kier alpha value is -0.730. The lowest BCUT2D eigenvalue weighted by Gasteiger charge is -2.57. The third kappa shape index (κ3) is 3.39. The molecule has 1 N–H and O–H groups in total. The Morgan fingerprint density at radius 2 is 1.78 bits per heavy atom. The van der Waals surface area contributed by atoms with Gasteiger partial charge in [-0.1, -0.05) is 24.6 Å². The minimum atomic E-state index is 0.665. The number of halogens is 1. The molecule has 0 aliphatic heterocycles. The van der Waals surface area contributed by atoms with Crippen molar-refractivity contribution in [3.63, 3.8) is 0 Å². The Bertz CT molecular complexity index is 521. The van der Waals surface area contributed by atoms with Gasteiger partial charge in [0.05, 0.1) is 5.69 Å². The van der Waals surface area contributed by atoms with Crippen LogP contribution in [0.4, 0.5) is 5.69 Å². The van der Waals surface area contributed by atoms with Gasteiger partial charge in [-0.05, 0) is 86.3 Å². The van der Waals surface area contributed by atoms with Crippen molar-refractivity contribution in [3.8, 4) is 0 Å². The summed E-state index contributed by atoms with van der Waals surface area (Å²) in [6, 6.07) is 8.05. The maximum atomic E-state index is 6.10. The molecule has 4 bridgehead atoms. The van der Waals surface area contributed by atoms with Crippen LogP contribution in [0.5, 0.6) is 0 Å². The van der Waals surface area contributed by atoms with Crippen molar-refractivity contribution in [2.75, 3.05) is 18.5 Å². The molecule has 0 unspecified atom stereocenters. The zero-order valence-corrected chi connectivity index (χ0v) is 15.0. The first kappa shape index (κ1) is 15.8. The van der Waals surface area contributed by atoms with E-state index in [1.807, 2.05) is 18.2 Å². The first-order valence-electron chi connectivity index (χ1n) is 9.41. The molecule has 0 atom stereocenters. The molecule has 0 aromatic heterocycles. The minimum Gasteiger partial charge on any atom is -0.319 e. The molecule has 4 saturated carbocycles. The van der Waals surface area contributed by atoms with E-state index in [0.717, 1.165) is 41.6 Å². The van der Waals surface area contributed by atoms with Crippen molar-refractivity contribution in [1.29, 1.82) is 0 Å². The van der Waals surface area contributed by atoms with E-state index in [0.29, 0.717) is 5.41 Å². The topological polar surface area (TPSA) is 15.3 Å². The smallest absolute Gasteiger partial charge is 0.0504 e. The number of hydrogen-bond acceptors (Lipinski definition) is 2. The van der Waals surface area contributed by atoms with E-state index in [1.54, 1.807) is 0 Å². The lowest BCUT2D eigenvalue weighted by atomic mass is 9.49. The van der Waals surface area contributed by atoms with Crippen LogP contribution in [0.25, 0.3) is 0 Å². The Labute approximate surface area is 145 Å². The maximum Gasteiger partial charge on any atom is 0.0504 e. The SMILES string of the molecule is CCN(CCC12CC3CC(CC(C3)C1)C2)Nc1cccc(Cl)c1. The summed E-state index contributed by atoms with van der Waals surface area (Å²) in [6.45, 7) is 4.41. The van der Waals surface area contributed by atoms with E-state index in [2.05, 4.69) is 23.4 Å². The first-order valence-corrected chi connectivity index (χ1v) is 9.79. The normalized spacial score (nSPS) is 35.0. The molecule has 1 aromatic carbocycles. The van der Waals surface area contributed by atoms with Gasteiger partial charge in [0, 0.05) is 18.1 Å². The molecular formula is C20H29ClN2. The molecule has 4 aliphatic rings. The van der Waals surface area contributed by atoms with E-state index in [-0.39, 0.29) is 0 Å². The number of hydrogen-bond donors (Lipinski definition) is 1. The quantitative estimate of drug-likeness (QED) is 0.682. The third-order valence-electron chi connectivity index (χ3n) is 6.57. The molecule has 2 nitrogen and oxygen atoms in total. The predicted molar refractivity (Wildman–Crippen MR) is 97.5 cm³/mol. The van der Waals surface area contributed by atoms with E-state index >= 15 is 0 Å². The largest absolute Gasteiger partial charge is 0.319 e. The molecule has 4 aliphatic carbocycles. The van der Waals surface area contributed by atoms with Crippen molar-refractivity contribution >= 4 is 17.3 Å². The Morgan fingerprint density at radius 1 is 1.13 bits per heavy atom. The van der Waals surface area contributed by atoms with Crippen molar-refractivity contribution < 1.29 is 0 Å². The molecular weight excluding hydrogens is 304 g/mol. The molecule has 0 saturated heterocycles. The fraction of sp³-hybridized carbons (Fsp3) is 0.700. The van der Waals surface area contributed by atoms with Crippen molar-refractivity contribution in [2.45, 2.75) is 51.9 Å². The van der Waals surface area contributed by atoms with Crippen LogP contribution in [0.2, 0.25) is 5.02 Å². The van der Waals surface area contributed by atoms with E-state index in [4.69, 9.17) is 11.6 Å². The van der Waals surface area contributed by atoms with Crippen LogP contribution in [0.1, 0.15) is 51.9 Å². The van der Waals surface area contributed by atoms with Gasteiger partial charge in [-0.3, -0.25) is 0 Å². The molecule has 0 heterocycles. The summed E-state index contributed by atoms with van der Waals surface area (Å²) in [6.07, 6.45) is 10.5. The lowest BCUT2D eigenvalue weighted by molar-refractivity contribution is -0.0601. The number of anilines is 1. The molecule has 0 spiro atoms. The summed E-state index contributed by atoms with van der Waals surface area (Å²) >= 11 is 6.10. The van der Waals surface area contributed by atoms with Gasteiger partial charge in [0.15, 0.2) is 0 Å². The van der Waals surface area contributed by atoms with E-state index < -0.39 is 0 Å². The third-order valence-corrected chi connectivity index (χ3v) is 6.81. The van der Waals surface area contributed by atoms with Gasteiger partial charge in [-0.15, -0.1) is 0 Å². The standard InChI is InChI=1S/C20H29ClN2/c1-2-23(22-19-5-3-4-18(21)11-19)7-6-20-12-15-8-16(13-20)10-17(9-15)14-20/h3-5,11,15-17,22H,2,6-10,12-14H2,1H3. The average Bonchev–Trinajstić information content (AvgIpc) is 2.50. The molecule has 5 rings (SSSR count). The van der Waals surface area contributed by atoms with Crippen LogP contribution in [0.15, 0.2) is 24.3 Å². The Balaban J connectivity index is 1.37. The predicted octanol–water partition coefficient (Wildman–Crippen LogP) is 5.60. The zero-order chi connectivity index (χ0) is 15.9. The van der Waals surface area contributed by atoms with Crippen molar-refractivity contribution in [1.82, 2.24) is 5.01 Å². The second kappa shape index (κ2) is 6.29. The fourth-order valence-electron chi connectivity index (χ4n) is 6.00. The Kier molecular flexibility index (Phi) is 4.32. The molecule has 126 valence electrons. The van der Waals surface area contributed by atoms with E-state index in [1.165, 1.54) is 44.9 Å². The van der Waals surface area contributed by atoms with Gasteiger partial charge >= 0.3 is 0 Å². The van der Waals surface area contributed by atoms with Gasteiger partial charge in [-0.25, -0.2) is 5.01 Å². The highest BCUT2D eigenvalue weighted by Crippen LogP contribution is 2.61. The maximum absolute atomic E-state index is 6.10. The number of benzene rings is 1. The van der Waals surface area contributed by atoms with Crippen LogP contribution in [0, 0.1) is 23.2 Å². The number of hydrazine groups is 1. The van der Waals surface area contributed by atoms with Gasteiger partial charge in [-0.2, -0.15) is 0 Å². The second-order valence-electron chi connectivity index (χ2n) is 8.37. The summed E-state index contributed by atoms with van der Waals surface area (Å²) < 4.78 is 0. The second-order valence-corrected chi connectivity index (χ2v) is 8.81. The van der Waals surface area contributed by atoms with Crippen molar-refractivity contribution in [3.05, 3.63) is 29.3 Å². The Morgan fingerprint density at radius 3 is 2.35 bits per heavy atom. The molecule has 0 radical (unpaired) electrons. The summed E-state index contributed by atoms with van der Waals surface area (Å²) in [5, 5.41) is 3.16. The first-order chi connectivity index (χ1) is 11.1. The molecule has 3 heteroatoms. The molecule has 4 fully saturated rings. The van der Waals surface area contributed by atoms with Crippen LogP contribution in [0.3, 0.4) is 0 Å². The summed E-state index contributed by atoms with van der Waals surface area (Å²) in [4.78, 5) is 0. The highest BCUT2D eigenvalue weighted by Gasteiger charge is 2.50. The van der Waals surface area contributed by atoms with Crippen LogP contribution in [-0.4, -0.2) is 18.1 Å². The van der Waals surface area contributed by atoms with Gasteiger partial charge in [0.2, 0.25) is 0 Å². The summed E-state index contributed by atoms with van der Waals surface area (Å²) in [5.41, 5.74) is 5.32. The molecule has 23 heavy (non-hydrogen) atoms.